The fraction of sp³-hybridized carbons (Fsp3) is 0.556. The number of rotatable bonds is 2. The molecule has 0 unspecified atom stereocenters. The van der Waals surface area contributed by atoms with Gasteiger partial charge >= 0.3 is 11.8 Å². The zero-order valence-electron chi connectivity index (χ0n) is 14.7. The number of nitrogens with two attached hydrogens (primary N) is 1. The van der Waals surface area contributed by atoms with Gasteiger partial charge in [0, 0.05) is 29.2 Å². The van der Waals surface area contributed by atoms with Gasteiger partial charge in [-0.2, -0.15) is 0 Å². The minimum absolute atomic E-state index is 0.0134. The van der Waals surface area contributed by atoms with Crippen molar-refractivity contribution in [2.75, 3.05) is 0 Å². The smallest absolute Gasteiger partial charge is 0.312 e. The van der Waals surface area contributed by atoms with Crippen molar-refractivity contribution in [1.29, 1.82) is 0 Å². The number of hydrogen-bond acceptors (Lipinski definition) is 3. The summed E-state index contributed by atoms with van der Waals surface area (Å²) < 4.78 is 13.6. The van der Waals surface area contributed by atoms with Crippen LogP contribution in [0, 0.1) is 5.82 Å². The molecule has 1 fully saturated rings. The zero-order chi connectivity index (χ0) is 18.1. The molecule has 0 spiro atoms. The van der Waals surface area contributed by atoms with E-state index in [-0.39, 0.29) is 12.6 Å². The van der Waals surface area contributed by atoms with Crippen LogP contribution < -0.4 is 11.1 Å². The Morgan fingerprint density at radius 1 is 1.21 bits per heavy atom. The van der Waals surface area contributed by atoms with Gasteiger partial charge in [0.2, 0.25) is 0 Å². The third-order valence-corrected chi connectivity index (χ3v) is 4.53. The summed E-state index contributed by atoms with van der Waals surface area (Å²) in [5, 5.41) is 2.52. The van der Waals surface area contributed by atoms with E-state index < -0.39 is 28.7 Å². The standard InChI is InChI=1S/C18H26FN3O2/c1-17(2)9-13(20)10-18(3,4)22(17)16(24)15(23)21-11-12-7-5-6-8-14(12)19/h5-8,13H,9-11,20H2,1-4H3,(H,21,23). The number of amides is 2. The quantitative estimate of drug-likeness (QED) is 0.811. The predicted molar refractivity (Wildman–Crippen MR) is 90.5 cm³/mol. The van der Waals surface area contributed by atoms with Gasteiger partial charge in [0.1, 0.15) is 5.82 Å². The molecule has 5 nitrogen and oxygen atoms in total. The van der Waals surface area contributed by atoms with E-state index in [9.17, 15) is 14.0 Å². The Balaban J connectivity index is 2.12. The summed E-state index contributed by atoms with van der Waals surface area (Å²) in [5.74, 6) is -1.74. The Morgan fingerprint density at radius 2 is 1.75 bits per heavy atom. The van der Waals surface area contributed by atoms with Crippen molar-refractivity contribution in [2.24, 2.45) is 5.73 Å². The van der Waals surface area contributed by atoms with Crippen molar-refractivity contribution in [3.05, 3.63) is 35.6 Å². The van der Waals surface area contributed by atoms with Crippen LogP contribution >= 0.6 is 0 Å². The number of piperidine rings is 1. The number of likely N-dealkylation sites (tertiary alicyclic amines) is 1. The number of halogens is 1. The van der Waals surface area contributed by atoms with Crippen LogP contribution in [0.3, 0.4) is 0 Å². The molecule has 2 amide bonds. The lowest BCUT2D eigenvalue weighted by atomic mass is 9.77. The highest BCUT2D eigenvalue weighted by molar-refractivity contribution is 6.35. The summed E-state index contributed by atoms with van der Waals surface area (Å²) in [4.78, 5) is 26.7. The molecule has 132 valence electrons. The van der Waals surface area contributed by atoms with Crippen molar-refractivity contribution < 1.29 is 14.0 Å². The predicted octanol–water partition coefficient (Wildman–Crippen LogP) is 1.95. The van der Waals surface area contributed by atoms with Crippen molar-refractivity contribution >= 4 is 11.8 Å². The van der Waals surface area contributed by atoms with E-state index >= 15 is 0 Å². The van der Waals surface area contributed by atoms with Crippen LogP contribution in [0.4, 0.5) is 4.39 Å². The molecule has 0 radical (unpaired) electrons. The summed E-state index contributed by atoms with van der Waals surface area (Å²) in [6.07, 6.45) is 1.26. The lowest BCUT2D eigenvalue weighted by Gasteiger charge is -2.54. The minimum Gasteiger partial charge on any atom is -0.344 e. The van der Waals surface area contributed by atoms with Crippen molar-refractivity contribution in [3.63, 3.8) is 0 Å². The lowest BCUT2D eigenvalue weighted by Crippen LogP contribution is -2.67. The van der Waals surface area contributed by atoms with E-state index in [1.807, 2.05) is 27.7 Å². The molecular weight excluding hydrogens is 309 g/mol. The van der Waals surface area contributed by atoms with Gasteiger partial charge in [-0.05, 0) is 46.6 Å². The van der Waals surface area contributed by atoms with Gasteiger partial charge in [-0.1, -0.05) is 18.2 Å². The Morgan fingerprint density at radius 3 is 2.29 bits per heavy atom. The molecule has 0 atom stereocenters. The highest BCUT2D eigenvalue weighted by Crippen LogP contribution is 2.37. The highest BCUT2D eigenvalue weighted by atomic mass is 19.1. The van der Waals surface area contributed by atoms with Crippen LogP contribution in [0.25, 0.3) is 0 Å². The molecule has 0 aromatic heterocycles. The fourth-order valence-electron chi connectivity index (χ4n) is 3.90. The molecule has 2 rings (SSSR count). The normalized spacial score (nSPS) is 19.8. The average molecular weight is 335 g/mol. The number of hydrogen-bond donors (Lipinski definition) is 2. The van der Waals surface area contributed by atoms with Gasteiger partial charge in [0.15, 0.2) is 0 Å². The van der Waals surface area contributed by atoms with Crippen LogP contribution in [0.5, 0.6) is 0 Å². The number of carbonyl (C=O) groups excluding carboxylic acids is 2. The van der Waals surface area contributed by atoms with Gasteiger partial charge < -0.3 is 16.0 Å². The summed E-state index contributed by atoms with van der Waals surface area (Å²) >= 11 is 0. The third-order valence-electron chi connectivity index (χ3n) is 4.53. The van der Waals surface area contributed by atoms with Crippen LogP contribution in [-0.4, -0.2) is 33.8 Å². The molecular formula is C18H26FN3O2. The number of nitrogens with zero attached hydrogens (tertiary/aromatic N) is 1. The van der Waals surface area contributed by atoms with Crippen LogP contribution in [-0.2, 0) is 16.1 Å². The van der Waals surface area contributed by atoms with E-state index in [1.54, 1.807) is 23.1 Å². The Bertz CT molecular complexity index is 625. The second kappa shape index (κ2) is 6.51. The first-order chi connectivity index (χ1) is 11.0. The lowest BCUT2D eigenvalue weighted by molar-refractivity contribution is -0.159. The Kier molecular flexibility index (Phi) is 4.99. The first kappa shape index (κ1) is 18.4. The first-order valence-corrected chi connectivity index (χ1v) is 8.16. The van der Waals surface area contributed by atoms with Gasteiger partial charge in [0.05, 0.1) is 0 Å². The average Bonchev–Trinajstić information content (AvgIpc) is 2.42. The SMILES string of the molecule is CC1(C)CC(N)CC(C)(C)N1C(=O)C(=O)NCc1ccccc1F. The maximum absolute atomic E-state index is 13.6. The molecule has 1 aromatic rings. The Labute approximate surface area is 142 Å². The molecule has 1 aliphatic heterocycles. The third kappa shape index (κ3) is 3.75. The molecule has 1 heterocycles. The summed E-state index contributed by atoms with van der Waals surface area (Å²) in [7, 11) is 0. The van der Waals surface area contributed by atoms with Crippen molar-refractivity contribution in [1.82, 2.24) is 10.2 Å². The van der Waals surface area contributed by atoms with Gasteiger partial charge in [0.25, 0.3) is 0 Å². The van der Waals surface area contributed by atoms with E-state index in [4.69, 9.17) is 5.73 Å². The zero-order valence-corrected chi connectivity index (χ0v) is 14.7. The number of carbonyl (C=O) groups is 2. The van der Waals surface area contributed by atoms with Crippen molar-refractivity contribution in [2.45, 2.75) is 64.2 Å². The molecule has 1 saturated heterocycles. The maximum Gasteiger partial charge on any atom is 0.312 e. The van der Waals surface area contributed by atoms with Crippen LogP contribution in [0.15, 0.2) is 24.3 Å². The van der Waals surface area contributed by atoms with E-state index in [1.165, 1.54) is 6.07 Å². The number of benzene rings is 1. The van der Waals surface area contributed by atoms with Crippen molar-refractivity contribution in [3.8, 4) is 0 Å². The van der Waals surface area contributed by atoms with E-state index in [2.05, 4.69) is 5.32 Å². The molecule has 0 aliphatic carbocycles. The highest BCUT2D eigenvalue weighted by Gasteiger charge is 2.48. The van der Waals surface area contributed by atoms with E-state index in [0.29, 0.717) is 18.4 Å². The minimum atomic E-state index is -0.727. The maximum atomic E-state index is 13.6. The summed E-state index contributed by atoms with van der Waals surface area (Å²) in [6.45, 7) is 7.63. The summed E-state index contributed by atoms with van der Waals surface area (Å²) in [5.41, 5.74) is 5.40. The van der Waals surface area contributed by atoms with Gasteiger partial charge in [-0.3, -0.25) is 9.59 Å². The fourth-order valence-corrected chi connectivity index (χ4v) is 3.90. The Hall–Kier alpha value is -1.95. The van der Waals surface area contributed by atoms with Crippen LogP contribution in [0.1, 0.15) is 46.1 Å². The topological polar surface area (TPSA) is 75.4 Å². The monoisotopic (exact) mass is 335 g/mol. The molecule has 0 bridgehead atoms. The molecule has 6 heteroatoms. The first-order valence-electron chi connectivity index (χ1n) is 8.16. The molecule has 0 saturated carbocycles. The second-order valence-electron chi connectivity index (χ2n) is 7.71. The number of nitrogens with one attached hydrogen (secondary N) is 1. The largest absolute Gasteiger partial charge is 0.344 e. The molecule has 24 heavy (non-hydrogen) atoms. The van der Waals surface area contributed by atoms with Crippen LogP contribution in [0.2, 0.25) is 0 Å². The molecule has 3 N–H and O–H groups in total. The van der Waals surface area contributed by atoms with Gasteiger partial charge in [-0.25, -0.2) is 4.39 Å². The van der Waals surface area contributed by atoms with E-state index in [0.717, 1.165) is 0 Å². The second-order valence-corrected chi connectivity index (χ2v) is 7.71. The van der Waals surface area contributed by atoms with Gasteiger partial charge in [-0.15, -0.1) is 0 Å². The summed E-state index contributed by atoms with van der Waals surface area (Å²) in [6, 6.07) is 6.15. The molecule has 1 aliphatic rings. The molecule has 1 aromatic carbocycles.